The lowest BCUT2D eigenvalue weighted by Gasteiger charge is -2.17. The van der Waals surface area contributed by atoms with Crippen LogP contribution in [0.2, 0.25) is 0 Å². The van der Waals surface area contributed by atoms with Gasteiger partial charge in [-0.25, -0.2) is 0 Å². The van der Waals surface area contributed by atoms with Crippen LogP contribution in [-0.4, -0.2) is 35.9 Å². The molecule has 0 spiro atoms. The van der Waals surface area contributed by atoms with Crippen molar-refractivity contribution < 1.29 is 32.5 Å². The van der Waals surface area contributed by atoms with Crippen LogP contribution in [0.4, 0.5) is 13.2 Å². The molecular formula is C25H33F3O4. The van der Waals surface area contributed by atoms with Crippen molar-refractivity contribution in [3.05, 3.63) is 47.6 Å². The number of halogens is 3. The lowest BCUT2D eigenvalue weighted by Crippen LogP contribution is -2.07. The van der Waals surface area contributed by atoms with Crippen LogP contribution in [0.15, 0.2) is 36.4 Å². The van der Waals surface area contributed by atoms with Crippen LogP contribution in [0.1, 0.15) is 81.1 Å². The number of phenols is 1. The smallest absolute Gasteiger partial charge is 0.389 e. The molecule has 2 atom stereocenters. The first-order chi connectivity index (χ1) is 15.1. The van der Waals surface area contributed by atoms with Crippen molar-refractivity contribution in [2.24, 2.45) is 0 Å². The summed E-state index contributed by atoms with van der Waals surface area (Å²) < 4.78 is 47.6. The summed E-state index contributed by atoms with van der Waals surface area (Å²) in [6.07, 6.45) is 5.90. The molecule has 1 heterocycles. The summed E-state index contributed by atoms with van der Waals surface area (Å²) in [4.78, 5) is 11.6. The molecule has 2 rings (SSSR count). The predicted octanol–water partition coefficient (Wildman–Crippen LogP) is 6.88. The Morgan fingerprint density at radius 3 is 2.62 bits per heavy atom. The van der Waals surface area contributed by atoms with E-state index < -0.39 is 12.6 Å². The highest BCUT2D eigenvalue weighted by atomic mass is 19.4. The number of ketones is 1. The summed E-state index contributed by atoms with van der Waals surface area (Å²) in [5.74, 6) is 0.456. The number of allylic oxidation sites excluding steroid dienone is 3. The van der Waals surface area contributed by atoms with Gasteiger partial charge in [0.05, 0.1) is 18.3 Å². The number of ether oxygens (including phenoxy) is 2. The van der Waals surface area contributed by atoms with Crippen LogP contribution < -0.4 is 4.74 Å². The third kappa shape index (κ3) is 8.69. The summed E-state index contributed by atoms with van der Waals surface area (Å²) in [7, 11) is 0. The molecular weight excluding hydrogens is 421 g/mol. The molecule has 1 aliphatic rings. The quantitative estimate of drug-likeness (QED) is 0.153. The second-order valence-electron chi connectivity index (χ2n) is 8.39. The number of unbranched alkanes of at least 4 members (excludes halogenated alkanes) is 2. The van der Waals surface area contributed by atoms with Crippen molar-refractivity contribution >= 4 is 5.78 Å². The molecule has 178 valence electrons. The molecule has 0 amide bonds. The minimum atomic E-state index is -4.09. The first-order valence-electron chi connectivity index (χ1n) is 11.1. The van der Waals surface area contributed by atoms with E-state index in [0.717, 1.165) is 19.3 Å². The molecule has 1 aromatic rings. The highest BCUT2D eigenvalue weighted by Gasteiger charge is 2.37. The maximum Gasteiger partial charge on any atom is 0.389 e. The average molecular weight is 455 g/mol. The molecule has 1 aliphatic heterocycles. The third-order valence-corrected chi connectivity index (χ3v) is 5.28. The van der Waals surface area contributed by atoms with Gasteiger partial charge in [0.1, 0.15) is 17.6 Å². The zero-order valence-electron chi connectivity index (χ0n) is 19.0. The fourth-order valence-electron chi connectivity index (χ4n) is 3.51. The van der Waals surface area contributed by atoms with Gasteiger partial charge in [-0.1, -0.05) is 38.2 Å². The lowest BCUT2D eigenvalue weighted by molar-refractivity contribution is -0.135. The van der Waals surface area contributed by atoms with Gasteiger partial charge in [0.25, 0.3) is 0 Å². The number of Topliss-reactive ketones (excluding diaryl/α,β-unsaturated/α-hetero) is 1. The molecule has 0 radical (unpaired) electrons. The summed E-state index contributed by atoms with van der Waals surface area (Å²) >= 11 is 0. The summed E-state index contributed by atoms with van der Waals surface area (Å²) in [6, 6.07) is 3.34. The predicted molar refractivity (Wildman–Crippen MR) is 118 cm³/mol. The van der Waals surface area contributed by atoms with Crippen molar-refractivity contribution in [3.63, 3.8) is 0 Å². The molecule has 0 bridgehead atoms. The number of phenolic OH excluding ortho intramolecular Hbond substituents is 1. The Bertz CT molecular complexity index is 812. The van der Waals surface area contributed by atoms with Crippen molar-refractivity contribution in [1.29, 1.82) is 0 Å². The largest absolute Gasteiger partial charge is 0.507 e. The number of epoxide rings is 1. The van der Waals surface area contributed by atoms with Crippen LogP contribution in [0.25, 0.3) is 0 Å². The second-order valence-corrected chi connectivity index (χ2v) is 8.39. The molecule has 0 saturated carbocycles. The van der Waals surface area contributed by atoms with Gasteiger partial charge >= 0.3 is 6.18 Å². The Morgan fingerprint density at radius 1 is 1.22 bits per heavy atom. The fourth-order valence-corrected chi connectivity index (χ4v) is 3.51. The van der Waals surface area contributed by atoms with Gasteiger partial charge in [-0.15, -0.1) is 0 Å². The van der Waals surface area contributed by atoms with Crippen molar-refractivity contribution in [1.82, 2.24) is 0 Å². The van der Waals surface area contributed by atoms with E-state index in [2.05, 4.69) is 0 Å². The van der Waals surface area contributed by atoms with E-state index >= 15 is 0 Å². The molecule has 1 aromatic carbocycles. The molecule has 7 heteroatoms. The molecule has 0 aliphatic carbocycles. The van der Waals surface area contributed by atoms with Gasteiger partial charge in [-0.3, -0.25) is 4.79 Å². The van der Waals surface area contributed by atoms with E-state index in [1.54, 1.807) is 12.1 Å². The molecule has 0 aromatic heterocycles. The first kappa shape index (κ1) is 26.0. The van der Waals surface area contributed by atoms with Crippen molar-refractivity contribution in [2.45, 2.75) is 83.6 Å². The number of rotatable bonds is 13. The number of carbonyl (C=O) groups is 1. The van der Waals surface area contributed by atoms with Crippen LogP contribution in [0.3, 0.4) is 0 Å². The number of hydrogen-bond donors (Lipinski definition) is 1. The highest BCUT2D eigenvalue weighted by molar-refractivity contribution is 5.97. The van der Waals surface area contributed by atoms with E-state index in [1.807, 2.05) is 38.2 Å². The van der Waals surface area contributed by atoms with Gasteiger partial charge in [0, 0.05) is 12.0 Å². The second kappa shape index (κ2) is 12.1. The zero-order valence-corrected chi connectivity index (χ0v) is 19.0. The topological polar surface area (TPSA) is 59.1 Å². The van der Waals surface area contributed by atoms with Gasteiger partial charge in [-0.05, 0) is 57.1 Å². The molecule has 1 N–H and O–H groups in total. The van der Waals surface area contributed by atoms with E-state index in [0.29, 0.717) is 29.9 Å². The van der Waals surface area contributed by atoms with Gasteiger partial charge in [0.15, 0.2) is 5.78 Å². The first-order valence-corrected chi connectivity index (χ1v) is 11.1. The minimum Gasteiger partial charge on any atom is -0.507 e. The van der Waals surface area contributed by atoms with Crippen molar-refractivity contribution in [2.75, 3.05) is 6.61 Å². The molecule has 32 heavy (non-hydrogen) atoms. The maximum absolute atomic E-state index is 12.1. The van der Waals surface area contributed by atoms with Crippen LogP contribution in [0.5, 0.6) is 11.5 Å². The zero-order chi connectivity index (χ0) is 23.7. The molecule has 4 nitrogen and oxygen atoms in total. The Balaban J connectivity index is 1.63. The molecule has 1 saturated heterocycles. The van der Waals surface area contributed by atoms with Gasteiger partial charge in [0.2, 0.25) is 0 Å². The van der Waals surface area contributed by atoms with Gasteiger partial charge < -0.3 is 14.6 Å². The Hall–Kier alpha value is -2.28. The standard InChI is InChI=1S/C25H33F3O4/c1-17(2)23-22(14-13-19(18(3)29)24(23)30)31-16-9-7-5-4-6-8-11-20-21(32-20)12-10-15-25(26,27)28/h4,6,8,11,13-14,17,20-21,30H,5,7,9-10,12,15-16H2,1-3H3/t20-,21-/m1/s1. The van der Waals surface area contributed by atoms with E-state index in [1.165, 1.54) is 6.92 Å². The summed E-state index contributed by atoms with van der Waals surface area (Å²) in [6.45, 7) is 5.83. The van der Waals surface area contributed by atoms with Gasteiger partial charge in [-0.2, -0.15) is 13.2 Å². The third-order valence-electron chi connectivity index (χ3n) is 5.28. The van der Waals surface area contributed by atoms with E-state index in [4.69, 9.17) is 9.47 Å². The number of alkyl halides is 3. The molecule has 0 unspecified atom stereocenters. The average Bonchev–Trinajstić information content (AvgIpc) is 3.43. The number of hydrogen-bond acceptors (Lipinski definition) is 4. The number of carbonyl (C=O) groups excluding carboxylic acids is 1. The Labute approximate surface area is 188 Å². The summed E-state index contributed by atoms with van der Waals surface area (Å²) in [5, 5.41) is 10.4. The van der Waals surface area contributed by atoms with E-state index in [-0.39, 0.29) is 36.1 Å². The summed E-state index contributed by atoms with van der Waals surface area (Å²) in [5.41, 5.74) is 0.963. The normalized spacial score (nSPS) is 18.7. The number of benzene rings is 1. The van der Waals surface area contributed by atoms with Crippen molar-refractivity contribution in [3.8, 4) is 11.5 Å². The highest BCUT2D eigenvalue weighted by Crippen LogP contribution is 2.37. The maximum atomic E-state index is 12.1. The Kier molecular flexibility index (Phi) is 9.82. The minimum absolute atomic E-state index is 0.00181. The monoisotopic (exact) mass is 454 g/mol. The SMILES string of the molecule is CC(=O)c1ccc(OCCCCC=CC=C[C@H]2O[C@@H]2CCCC(F)(F)F)c(C(C)C)c1O. The van der Waals surface area contributed by atoms with Crippen LogP contribution >= 0.6 is 0 Å². The number of aromatic hydroxyl groups is 1. The Morgan fingerprint density at radius 2 is 1.97 bits per heavy atom. The lowest BCUT2D eigenvalue weighted by atomic mass is 9.96. The van der Waals surface area contributed by atoms with E-state index in [9.17, 15) is 23.1 Å². The van der Waals surface area contributed by atoms with Crippen LogP contribution in [0, 0.1) is 0 Å². The molecule has 1 fully saturated rings. The fraction of sp³-hybridized carbons (Fsp3) is 0.560. The van der Waals surface area contributed by atoms with Crippen LogP contribution in [-0.2, 0) is 4.74 Å².